The Morgan fingerprint density at radius 1 is 0.951 bits per heavy atom. The highest BCUT2D eigenvalue weighted by Crippen LogP contribution is 2.40. The normalized spacial score (nSPS) is 12.0. The van der Waals surface area contributed by atoms with Crippen LogP contribution in [0.1, 0.15) is 63.4 Å². The molecule has 2 heterocycles. The Morgan fingerprint density at radius 3 is 2.32 bits per heavy atom. The number of furan rings is 1. The average Bonchev–Trinajstić information content (AvgIpc) is 3.37. The van der Waals surface area contributed by atoms with E-state index in [4.69, 9.17) is 4.42 Å². The Kier molecular flexibility index (Phi) is 7.75. The molecule has 0 bridgehead atoms. The molecule has 6 nitrogen and oxygen atoms in total. The van der Waals surface area contributed by atoms with Crippen molar-refractivity contribution in [2.24, 2.45) is 0 Å². The van der Waals surface area contributed by atoms with E-state index in [1.165, 1.54) is 31.3 Å². The first-order chi connectivity index (χ1) is 19.7. The topological polar surface area (TPSA) is 85.1 Å². The van der Waals surface area contributed by atoms with Crippen LogP contribution in [0.25, 0.3) is 33.4 Å². The summed E-state index contributed by atoms with van der Waals surface area (Å²) in [5, 5.41) is 2.57. The first kappa shape index (κ1) is 27.8. The van der Waals surface area contributed by atoms with Gasteiger partial charge in [-0.2, -0.15) is 0 Å². The minimum Gasteiger partial charge on any atom is -0.455 e. The Bertz CT molecular complexity index is 1760. The summed E-state index contributed by atoms with van der Waals surface area (Å²) < 4.78 is 35.9. The monoisotopic (exact) mass is 553 g/mol. The summed E-state index contributed by atoms with van der Waals surface area (Å²) in [7, 11) is 1.45. The SMILES string of the molecule is CCC(CC(=O)c1cc(-c2ccc3oc(-c4ccc(F)cc4)c(C(=O)NC)c3c2F)c(C)cc1C)c1ncccn1. The van der Waals surface area contributed by atoms with Crippen LogP contribution in [0.15, 0.2) is 71.4 Å². The van der Waals surface area contributed by atoms with Crippen molar-refractivity contribution in [3.8, 4) is 22.5 Å². The summed E-state index contributed by atoms with van der Waals surface area (Å²) in [5.41, 5.74) is 3.46. The second kappa shape index (κ2) is 11.4. The number of hydrogen-bond donors (Lipinski definition) is 1. The molecule has 0 aliphatic heterocycles. The number of carbonyl (C=O) groups excluding carboxylic acids is 2. The van der Waals surface area contributed by atoms with Crippen molar-refractivity contribution in [3.63, 3.8) is 0 Å². The lowest BCUT2D eigenvalue weighted by molar-refractivity contribution is 0.0959. The predicted molar refractivity (Wildman–Crippen MR) is 154 cm³/mol. The van der Waals surface area contributed by atoms with Gasteiger partial charge in [0.25, 0.3) is 5.91 Å². The van der Waals surface area contributed by atoms with Gasteiger partial charge in [-0.05, 0) is 85.5 Å². The molecule has 0 saturated heterocycles. The van der Waals surface area contributed by atoms with Gasteiger partial charge in [0.2, 0.25) is 0 Å². The van der Waals surface area contributed by atoms with Gasteiger partial charge in [0.1, 0.15) is 28.8 Å². The van der Waals surface area contributed by atoms with Gasteiger partial charge in [-0.3, -0.25) is 9.59 Å². The lowest BCUT2D eigenvalue weighted by Gasteiger charge is -2.16. The Morgan fingerprint density at radius 2 is 1.66 bits per heavy atom. The molecule has 5 rings (SSSR count). The molecule has 0 radical (unpaired) electrons. The Labute approximate surface area is 236 Å². The lowest BCUT2D eigenvalue weighted by atomic mass is 9.88. The van der Waals surface area contributed by atoms with Crippen LogP contribution in [-0.2, 0) is 0 Å². The average molecular weight is 554 g/mol. The molecule has 0 aliphatic rings. The van der Waals surface area contributed by atoms with Crippen molar-refractivity contribution in [1.29, 1.82) is 0 Å². The first-order valence-corrected chi connectivity index (χ1v) is 13.4. The number of aryl methyl sites for hydroxylation is 2. The van der Waals surface area contributed by atoms with Gasteiger partial charge in [-0.15, -0.1) is 0 Å². The van der Waals surface area contributed by atoms with Crippen molar-refractivity contribution in [2.45, 2.75) is 39.5 Å². The number of fused-ring (bicyclic) bond motifs is 1. The van der Waals surface area contributed by atoms with E-state index in [1.54, 1.807) is 36.7 Å². The fraction of sp³-hybridized carbons (Fsp3) is 0.212. The number of aromatic nitrogens is 2. The molecular formula is C33H29F2N3O3. The third-order valence-corrected chi connectivity index (χ3v) is 7.39. The lowest BCUT2D eigenvalue weighted by Crippen LogP contribution is -2.18. The number of nitrogens with one attached hydrogen (secondary N) is 1. The van der Waals surface area contributed by atoms with Gasteiger partial charge >= 0.3 is 0 Å². The highest BCUT2D eigenvalue weighted by molar-refractivity contribution is 6.12. The molecule has 208 valence electrons. The molecule has 1 amide bonds. The molecule has 1 N–H and O–H groups in total. The van der Waals surface area contributed by atoms with Crippen LogP contribution < -0.4 is 5.32 Å². The third-order valence-electron chi connectivity index (χ3n) is 7.39. The van der Waals surface area contributed by atoms with Gasteiger partial charge in [0, 0.05) is 48.5 Å². The highest BCUT2D eigenvalue weighted by atomic mass is 19.1. The maximum absolute atomic E-state index is 16.4. The molecule has 8 heteroatoms. The largest absolute Gasteiger partial charge is 0.455 e. The molecule has 3 aromatic carbocycles. The van der Waals surface area contributed by atoms with Crippen LogP contribution >= 0.6 is 0 Å². The van der Waals surface area contributed by atoms with Crippen molar-refractivity contribution >= 4 is 22.7 Å². The molecule has 2 aromatic heterocycles. The second-order valence-electron chi connectivity index (χ2n) is 10.0. The molecule has 0 spiro atoms. The van der Waals surface area contributed by atoms with Gasteiger partial charge in [-0.1, -0.05) is 13.0 Å². The number of halogens is 2. The minimum absolute atomic E-state index is 0.0151. The molecule has 5 aromatic rings. The highest BCUT2D eigenvalue weighted by Gasteiger charge is 2.27. The van der Waals surface area contributed by atoms with E-state index in [0.717, 1.165) is 11.1 Å². The van der Waals surface area contributed by atoms with E-state index >= 15 is 4.39 Å². The fourth-order valence-corrected chi connectivity index (χ4v) is 5.22. The van der Waals surface area contributed by atoms with Crippen LogP contribution in [0.4, 0.5) is 8.78 Å². The number of benzene rings is 3. The van der Waals surface area contributed by atoms with Crippen molar-refractivity contribution in [1.82, 2.24) is 15.3 Å². The van der Waals surface area contributed by atoms with Crippen LogP contribution in [0.3, 0.4) is 0 Å². The number of Topliss-reactive ketones (excluding diaryl/α,β-unsaturated/α-hetero) is 1. The van der Waals surface area contributed by atoms with Crippen LogP contribution in [0.2, 0.25) is 0 Å². The standard InChI is InChI=1S/C33H29F2N3O3/c1-5-20(32-37-13-6-14-38-32)16-26(39)25-17-24(18(2)15-19(25)3)23-11-12-27-28(30(23)35)29(33(40)36-4)31(41-27)21-7-9-22(34)10-8-21/h6-15,17,20H,5,16H2,1-4H3,(H,36,40). The van der Waals surface area contributed by atoms with Crippen LogP contribution in [-0.4, -0.2) is 28.7 Å². The molecule has 0 saturated carbocycles. The van der Waals surface area contributed by atoms with E-state index in [-0.39, 0.29) is 46.0 Å². The number of nitrogens with zero attached hydrogens (tertiary/aromatic N) is 2. The van der Waals surface area contributed by atoms with E-state index in [0.29, 0.717) is 28.9 Å². The number of hydrogen-bond acceptors (Lipinski definition) is 5. The third kappa shape index (κ3) is 5.25. The van der Waals surface area contributed by atoms with Gasteiger partial charge in [0.05, 0.1) is 10.9 Å². The van der Waals surface area contributed by atoms with E-state index < -0.39 is 17.5 Å². The predicted octanol–water partition coefficient (Wildman–Crippen LogP) is 7.58. The summed E-state index contributed by atoms with van der Waals surface area (Å²) in [4.78, 5) is 35.2. The smallest absolute Gasteiger partial charge is 0.255 e. The summed E-state index contributed by atoms with van der Waals surface area (Å²) in [6, 6.07) is 14.0. The maximum atomic E-state index is 16.4. The van der Waals surface area contributed by atoms with Crippen molar-refractivity contribution < 1.29 is 22.8 Å². The molecular weight excluding hydrogens is 524 g/mol. The summed E-state index contributed by atoms with van der Waals surface area (Å²) in [5.74, 6) is -1.10. The van der Waals surface area contributed by atoms with Gasteiger partial charge < -0.3 is 9.73 Å². The zero-order valence-corrected chi connectivity index (χ0v) is 23.2. The quantitative estimate of drug-likeness (QED) is 0.200. The molecule has 1 atom stereocenters. The fourth-order valence-electron chi connectivity index (χ4n) is 5.22. The minimum atomic E-state index is -0.646. The summed E-state index contributed by atoms with van der Waals surface area (Å²) in [6.45, 7) is 5.70. The van der Waals surface area contributed by atoms with Gasteiger partial charge in [-0.25, -0.2) is 18.7 Å². The number of amides is 1. The van der Waals surface area contributed by atoms with E-state index in [9.17, 15) is 14.0 Å². The zero-order chi connectivity index (χ0) is 29.3. The van der Waals surface area contributed by atoms with Crippen LogP contribution in [0.5, 0.6) is 0 Å². The molecule has 0 fully saturated rings. The molecule has 41 heavy (non-hydrogen) atoms. The molecule has 1 unspecified atom stereocenters. The zero-order valence-electron chi connectivity index (χ0n) is 23.2. The van der Waals surface area contributed by atoms with E-state index in [2.05, 4.69) is 15.3 Å². The van der Waals surface area contributed by atoms with Crippen molar-refractivity contribution in [3.05, 3.63) is 107 Å². The second-order valence-corrected chi connectivity index (χ2v) is 10.0. The number of carbonyl (C=O) groups is 2. The summed E-state index contributed by atoms with van der Waals surface area (Å²) >= 11 is 0. The van der Waals surface area contributed by atoms with E-state index in [1.807, 2.05) is 26.8 Å². The summed E-state index contributed by atoms with van der Waals surface area (Å²) in [6.07, 6.45) is 4.23. The van der Waals surface area contributed by atoms with Crippen LogP contribution in [0, 0.1) is 25.5 Å². The number of ketones is 1. The maximum Gasteiger partial charge on any atom is 0.255 e. The number of rotatable bonds is 8. The van der Waals surface area contributed by atoms with Crippen molar-refractivity contribution in [2.75, 3.05) is 7.05 Å². The first-order valence-electron chi connectivity index (χ1n) is 13.4. The Hall–Kier alpha value is -4.72. The van der Waals surface area contributed by atoms with Gasteiger partial charge in [0.15, 0.2) is 5.78 Å². The molecule has 0 aliphatic carbocycles. The Balaban J connectivity index is 1.62.